The molecule has 1 atom stereocenters. The summed E-state index contributed by atoms with van der Waals surface area (Å²) in [5.74, 6) is 2.93. The Kier molecular flexibility index (Phi) is 6.35. The lowest BCUT2D eigenvalue weighted by Crippen LogP contribution is -2.33. The molecule has 1 aromatic carbocycles. The summed E-state index contributed by atoms with van der Waals surface area (Å²) in [6.45, 7) is 7.82. The van der Waals surface area contributed by atoms with Crippen molar-refractivity contribution in [2.24, 2.45) is 17.8 Å². The zero-order valence-electron chi connectivity index (χ0n) is 15.6. The maximum Gasteiger partial charge on any atom is 0.220 e. The van der Waals surface area contributed by atoms with Gasteiger partial charge in [-0.05, 0) is 75.1 Å². The van der Waals surface area contributed by atoms with Gasteiger partial charge in [0.15, 0.2) is 0 Å². The second kappa shape index (κ2) is 8.70. The van der Waals surface area contributed by atoms with E-state index in [0.29, 0.717) is 24.8 Å². The molecular weight excluding hydrogens is 312 g/mol. The lowest BCUT2D eigenvalue weighted by molar-refractivity contribution is -0.122. The highest BCUT2D eigenvalue weighted by molar-refractivity contribution is 5.76. The largest absolute Gasteiger partial charge is 0.493 e. The molecule has 2 N–H and O–H groups in total. The Morgan fingerprint density at radius 3 is 2.76 bits per heavy atom. The predicted molar refractivity (Wildman–Crippen MR) is 101 cm³/mol. The fourth-order valence-corrected chi connectivity index (χ4v) is 3.57. The molecule has 4 nitrogen and oxygen atoms in total. The van der Waals surface area contributed by atoms with Crippen molar-refractivity contribution < 1.29 is 9.53 Å². The van der Waals surface area contributed by atoms with E-state index in [-0.39, 0.29) is 5.91 Å². The summed E-state index contributed by atoms with van der Waals surface area (Å²) in [4.78, 5) is 12.4. The van der Waals surface area contributed by atoms with Crippen molar-refractivity contribution >= 4 is 5.91 Å². The normalized spacial score (nSPS) is 19.4. The van der Waals surface area contributed by atoms with Gasteiger partial charge in [-0.2, -0.15) is 0 Å². The Bertz CT molecular complexity index is 577. The highest BCUT2D eigenvalue weighted by Crippen LogP contribution is 2.31. The number of carbonyl (C=O) groups is 1. The van der Waals surface area contributed by atoms with Crippen molar-refractivity contribution in [1.82, 2.24) is 10.6 Å². The molecule has 1 aromatic rings. The number of nitrogens with one attached hydrogen (secondary N) is 2. The zero-order chi connectivity index (χ0) is 17.6. The van der Waals surface area contributed by atoms with Gasteiger partial charge in [0.1, 0.15) is 5.75 Å². The zero-order valence-corrected chi connectivity index (χ0v) is 15.6. The minimum Gasteiger partial charge on any atom is -0.493 e. The van der Waals surface area contributed by atoms with Crippen LogP contribution >= 0.6 is 0 Å². The smallest absolute Gasteiger partial charge is 0.220 e. The summed E-state index contributed by atoms with van der Waals surface area (Å²) in [7, 11) is 0. The van der Waals surface area contributed by atoms with Crippen LogP contribution in [0.15, 0.2) is 18.2 Å². The number of hydrogen-bond donors (Lipinski definition) is 2. The molecule has 2 fully saturated rings. The molecule has 1 unspecified atom stereocenters. The van der Waals surface area contributed by atoms with Gasteiger partial charge in [-0.3, -0.25) is 4.79 Å². The van der Waals surface area contributed by atoms with Gasteiger partial charge in [-0.15, -0.1) is 0 Å². The molecule has 25 heavy (non-hydrogen) atoms. The highest BCUT2D eigenvalue weighted by Gasteiger charge is 2.23. The summed E-state index contributed by atoms with van der Waals surface area (Å²) in [6, 6.07) is 6.25. The van der Waals surface area contributed by atoms with Gasteiger partial charge in [0.25, 0.3) is 0 Å². The number of amides is 1. The van der Waals surface area contributed by atoms with E-state index in [1.165, 1.54) is 31.2 Å². The third-order valence-corrected chi connectivity index (χ3v) is 5.57. The van der Waals surface area contributed by atoms with Gasteiger partial charge in [-0.25, -0.2) is 0 Å². The molecule has 1 saturated heterocycles. The van der Waals surface area contributed by atoms with Crippen LogP contribution in [0.4, 0.5) is 0 Å². The molecule has 1 aliphatic carbocycles. The van der Waals surface area contributed by atoms with Gasteiger partial charge < -0.3 is 15.4 Å². The van der Waals surface area contributed by atoms with E-state index < -0.39 is 0 Å². The molecule has 4 heteroatoms. The molecule has 0 radical (unpaired) electrons. The number of aryl methyl sites for hydroxylation is 1. The highest BCUT2D eigenvalue weighted by atomic mass is 16.5. The van der Waals surface area contributed by atoms with E-state index in [4.69, 9.17) is 4.74 Å². The summed E-state index contributed by atoms with van der Waals surface area (Å²) < 4.78 is 5.99. The van der Waals surface area contributed by atoms with Crippen LogP contribution in [0.1, 0.15) is 50.2 Å². The van der Waals surface area contributed by atoms with Crippen molar-refractivity contribution in [2.45, 2.75) is 52.5 Å². The van der Waals surface area contributed by atoms with Gasteiger partial charge in [0.2, 0.25) is 5.91 Å². The quantitative estimate of drug-likeness (QED) is 0.760. The van der Waals surface area contributed by atoms with Crippen LogP contribution in [-0.4, -0.2) is 25.6 Å². The van der Waals surface area contributed by atoms with Crippen LogP contribution in [0.2, 0.25) is 0 Å². The number of benzene rings is 1. The molecule has 0 aromatic heterocycles. The first-order valence-corrected chi connectivity index (χ1v) is 9.81. The molecule has 1 saturated carbocycles. The number of carbonyl (C=O) groups excluding carboxylic acids is 1. The van der Waals surface area contributed by atoms with E-state index in [2.05, 4.69) is 42.7 Å². The summed E-state index contributed by atoms with van der Waals surface area (Å²) in [5, 5.41) is 6.49. The van der Waals surface area contributed by atoms with Crippen LogP contribution in [0.25, 0.3) is 0 Å². The summed E-state index contributed by atoms with van der Waals surface area (Å²) in [5.41, 5.74) is 2.27. The minimum atomic E-state index is 0.153. The van der Waals surface area contributed by atoms with Crippen LogP contribution in [0.3, 0.4) is 0 Å². The lowest BCUT2D eigenvalue weighted by Gasteiger charge is -2.27. The number of rotatable bonds is 8. The molecule has 1 heterocycles. The molecule has 1 aliphatic heterocycles. The third kappa shape index (κ3) is 5.74. The molecule has 3 rings (SSSR count). The third-order valence-electron chi connectivity index (χ3n) is 5.57. The maximum absolute atomic E-state index is 12.4. The Balaban J connectivity index is 1.48. The number of hydrogen-bond acceptors (Lipinski definition) is 3. The van der Waals surface area contributed by atoms with Gasteiger partial charge in [0, 0.05) is 18.5 Å². The molecular formula is C21H32N2O2. The fourth-order valence-electron chi connectivity index (χ4n) is 3.57. The molecule has 0 bridgehead atoms. The van der Waals surface area contributed by atoms with Crippen molar-refractivity contribution in [3.05, 3.63) is 29.3 Å². The van der Waals surface area contributed by atoms with Gasteiger partial charge in [0.05, 0.1) is 6.61 Å². The first-order valence-electron chi connectivity index (χ1n) is 9.81. The maximum atomic E-state index is 12.4. The number of piperidine rings is 1. The Morgan fingerprint density at radius 2 is 2.04 bits per heavy atom. The van der Waals surface area contributed by atoms with E-state index >= 15 is 0 Å². The monoisotopic (exact) mass is 344 g/mol. The molecule has 0 spiro atoms. The SMILES string of the molecule is Cc1ccc(CNC(=O)CC(C)C2CCNCC2)c(OCC2CC2)c1. The van der Waals surface area contributed by atoms with Crippen molar-refractivity contribution in [1.29, 1.82) is 0 Å². The second-order valence-electron chi connectivity index (χ2n) is 7.91. The van der Waals surface area contributed by atoms with Crippen molar-refractivity contribution in [3.63, 3.8) is 0 Å². The van der Waals surface area contributed by atoms with Crippen LogP contribution in [0, 0.1) is 24.7 Å². The fraction of sp³-hybridized carbons (Fsp3) is 0.667. The Labute approximate surface area is 151 Å². The second-order valence-corrected chi connectivity index (χ2v) is 7.91. The molecule has 2 aliphatic rings. The van der Waals surface area contributed by atoms with E-state index in [1.54, 1.807) is 0 Å². The summed E-state index contributed by atoms with van der Waals surface area (Å²) >= 11 is 0. The van der Waals surface area contributed by atoms with E-state index in [9.17, 15) is 4.79 Å². The van der Waals surface area contributed by atoms with Crippen LogP contribution < -0.4 is 15.4 Å². The lowest BCUT2D eigenvalue weighted by atomic mass is 9.84. The van der Waals surface area contributed by atoms with Crippen molar-refractivity contribution in [3.8, 4) is 5.75 Å². The predicted octanol–water partition coefficient (Wildman–Crippen LogP) is 3.43. The average Bonchev–Trinajstić information content (AvgIpc) is 3.44. The van der Waals surface area contributed by atoms with E-state index in [1.807, 2.05) is 0 Å². The Morgan fingerprint density at radius 1 is 1.28 bits per heavy atom. The minimum absolute atomic E-state index is 0.153. The number of ether oxygens (including phenoxy) is 1. The van der Waals surface area contributed by atoms with E-state index in [0.717, 1.165) is 36.9 Å². The first kappa shape index (κ1) is 18.2. The standard InChI is InChI=1S/C21H32N2O2/c1-15-3-6-19(20(11-15)25-14-17-4-5-17)13-23-21(24)12-16(2)18-7-9-22-10-8-18/h3,6,11,16-18,22H,4-5,7-10,12-14H2,1-2H3,(H,23,24). The van der Waals surface area contributed by atoms with Gasteiger partial charge >= 0.3 is 0 Å². The van der Waals surface area contributed by atoms with Crippen LogP contribution in [0.5, 0.6) is 5.75 Å². The average molecular weight is 344 g/mol. The van der Waals surface area contributed by atoms with Gasteiger partial charge in [-0.1, -0.05) is 19.1 Å². The molecule has 1 amide bonds. The van der Waals surface area contributed by atoms with Crippen LogP contribution in [-0.2, 0) is 11.3 Å². The topological polar surface area (TPSA) is 50.4 Å². The van der Waals surface area contributed by atoms with Crippen molar-refractivity contribution in [2.75, 3.05) is 19.7 Å². The first-order chi connectivity index (χ1) is 12.1. The summed E-state index contributed by atoms with van der Waals surface area (Å²) in [6.07, 6.45) is 5.56. The Hall–Kier alpha value is -1.55. The molecule has 138 valence electrons.